The standard InChI is InChI=1S/C22H25N3O2/c1-15-6-5-7-18(14-15)23-19(26)12-13-20-24-21(25-27-20)16-8-10-17(11-9-16)22(2,3)4/h5-11,14H,12-13H2,1-4H3,(H,23,26). The summed E-state index contributed by atoms with van der Waals surface area (Å²) in [6.45, 7) is 8.52. The van der Waals surface area contributed by atoms with Crippen molar-refractivity contribution in [1.82, 2.24) is 10.1 Å². The van der Waals surface area contributed by atoms with E-state index < -0.39 is 0 Å². The van der Waals surface area contributed by atoms with Crippen LogP contribution < -0.4 is 5.32 Å². The van der Waals surface area contributed by atoms with E-state index in [1.54, 1.807) is 0 Å². The fourth-order valence-electron chi connectivity index (χ4n) is 2.76. The van der Waals surface area contributed by atoms with Crippen LogP contribution in [0.4, 0.5) is 5.69 Å². The van der Waals surface area contributed by atoms with Gasteiger partial charge in [-0.2, -0.15) is 4.98 Å². The highest BCUT2D eigenvalue weighted by molar-refractivity contribution is 5.90. The lowest BCUT2D eigenvalue weighted by atomic mass is 9.87. The number of aryl methyl sites for hydroxylation is 2. The van der Waals surface area contributed by atoms with Gasteiger partial charge in [0.05, 0.1) is 0 Å². The third-order valence-corrected chi connectivity index (χ3v) is 4.34. The molecular formula is C22H25N3O2. The van der Waals surface area contributed by atoms with Gasteiger partial charge in [-0.05, 0) is 35.6 Å². The quantitative estimate of drug-likeness (QED) is 0.699. The van der Waals surface area contributed by atoms with Crippen LogP contribution in [0.2, 0.25) is 0 Å². The molecule has 1 amide bonds. The van der Waals surface area contributed by atoms with Gasteiger partial charge in [0.15, 0.2) is 0 Å². The van der Waals surface area contributed by atoms with Gasteiger partial charge in [-0.3, -0.25) is 4.79 Å². The van der Waals surface area contributed by atoms with Crippen molar-refractivity contribution < 1.29 is 9.32 Å². The van der Waals surface area contributed by atoms with E-state index >= 15 is 0 Å². The molecule has 0 unspecified atom stereocenters. The number of carbonyl (C=O) groups excluding carboxylic acids is 1. The van der Waals surface area contributed by atoms with Gasteiger partial charge < -0.3 is 9.84 Å². The summed E-state index contributed by atoms with van der Waals surface area (Å²) in [5.41, 5.74) is 4.16. The lowest BCUT2D eigenvalue weighted by Crippen LogP contribution is -2.12. The van der Waals surface area contributed by atoms with Crippen molar-refractivity contribution in [2.24, 2.45) is 0 Å². The summed E-state index contributed by atoms with van der Waals surface area (Å²) >= 11 is 0. The average molecular weight is 363 g/mol. The van der Waals surface area contributed by atoms with Gasteiger partial charge in [-0.25, -0.2) is 0 Å². The predicted molar refractivity (Wildman–Crippen MR) is 107 cm³/mol. The Balaban J connectivity index is 1.58. The number of hydrogen-bond acceptors (Lipinski definition) is 4. The fraction of sp³-hybridized carbons (Fsp3) is 0.318. The van der Waals surface area contributed by atoms with Crippen molar-refractivity contribution in [1.29, 1.82) is 0 Å². The predicted octanol–water partition coefficient (Wildman–Crippen LogP) is 4.91. The number of carbonyl (C=O) groups is 1. The Hall–Kier alpha value is -2.95. The van der Waals surface area contributed by atoms with Crippen molar-refractivity contribution in [3.8, 4) is 11.4 Å². The molecule has 0 bridgehead atoms. The molecule has 0 aliphatic carbocycles. The summed E-state index contributed by atoms with van der Waals surface area (Å²) in [5.74, 6) is 0.934. The third kappa shape index (κ3) is 5.03. The number of hydrogen-bond donors (Lipinski definition) is 1. The van der Waals surface area contributed by atoms with E-state index in [4.69, 9.17) is 4.52 Å². The van der Waals surface area contributed by atoms with Crippen LogP contribution in [-0.4, -0.2) is 16.0 Å². The summed E-state index contributed by atoms with van der Waals surface area (Å²) in [5, 5.41) is 6.92. The zero-order valence-corrected chi connectivity index (χ0v) is 16.2. The summed E-state index contributed by atoms with van der Waals surface area (Å²) < 4.78 is 5.30. The van der Waals surface area contributed by atoms with E-state index in [9.17, 15) is 4.79 Å². The van der Waals surface area contributed by atoms with Crippen LogP contribution in [0.25, 0.3) is 11.4 Å². The van der Waals surface area contributed by atoms with Gasteiger partial charge in [0.1, 0.15) is 0 Å². The summed E-state index contributed by atoms with van der Waals surface area (Å²) in [4.78, 5) is 16.5. The smallest absolute Gasteiger partial charge is 0.227 e. The van der Waals surface area contributed by atoms with Crippen LogP contribution in [0.3, 0.4) is 0 Å². The molecule has 0 radical (unpaired) electrons. The molecule has 2 aromatic carbocycles. The maximum atomic E-state index is 12.1. The summed E-state index contributed by atoms with van der Waals surface area (Å²) in [7, 11) is 0. The van der Waals surface area contributed by atoms with Gasteiger partial charge in [-0.15, -0.1) is 0 Å². The molecule has 3 rings (SSSR count). The molecule has 1 heterocycles. The zero-order valence-electron chi connectivity index (χ0n) is 16.2. The third-order valence-electron chi connectivity index (χ3n) is 4.34. The van der Waals surface area contributed by atoms with Crippen molar-refractivity contribution in [3.05, 3.63) is 65.5 Å². The highest BCUT2D eigenvalue weighted by Gasteiger charge is 2.15. The van der Waals surface area contributed by atoms with Gasteiger partial charge >= 0.3 is 0 Å². The number of rotatable bonds is 5. The van der Waals surface area contributed by atoms with E-state index in [2.05, 4.69) is 48.4 Å². The monoisotopic (exact) mass is 363 g/mol. The first-order valence-electron chi connectivity index (χ1n) is 9.11. The van der Waals surface area contributed by atoms with Crippen LogP contribution in [-0.2, 0) is 16.6 Å². The van der Waals surface area contributed by atoms with Crippen LogP contribution in [0.5, 0.6) is 0 Å². The van der Waals surface area contributed by atoms with E-state index in [0.717, 1.165) is 16.8 Å². The molecule has 1 aromatic heterocycles. The van der Waals surface area contributed by atoms with Crippen molar-refractivity contribution >= 4 is 11.6 Å². The minimum absolute atomic E-state index is 0.0742. The topological polar surface area (TPSA) is 68.0 Å². The van der Waals surface area contributed by atoms with Gasteiger partial charge in [0.2, 0.25) is 17.6 Å². The Bertz CT molecular complexity index is 921. The number of anilines is 1. The van der Waals surface area contributed by atoms with Crippen molar-refractivity contribution in [2.45, 2.75) is 46.0 Å². The zero-order chi connectivity index (χ0) is 19.4. The Morgan fingerprint density at radius 3 is 2.52 bits per heavy atom. The molecule has 1 N–H and O–H groups in total. The minimum Gasteiger partial charge on any atom is -0.339 e. The second-order valence-corrected chi connectivity index (χ2v) is 7.76. The Morgan fingerprint density at radius 1 is 1.11 bits per heavy atom. The van der Waals surface area contributed by atoms with E-state index in [1.165, 1.54) is 5.56 Å². The normalized spacial score (nSPS) is 11.4. The Labute approximate surface area is 159 Å². The first-order chi connectivity index (χ1) is 12.8. The van der Waals surface area contributed by atoms with Gasteiger partial charge in [0, 0.05) is 24.1 Å². The Kier molecular flexibility index (Phi) is 5.40. The second kappa shape index (κ2) is 7.74. The average Bonchev–Trinajstić information content (AvgIpc) is 3.08. The number of aromatic nitrogens is 2. The van der Waals surface area contributed by atoms with Crippen LogP contribution in [0.1, 0.15) is 44.2 Å². The summed E-state index contributed by atoms with van der Waals surface area (Å²) in [6.07, 6.45) is 0.698. The highest BCUT2D eigenvalue weighted by Crippen LogP contribution is 2.25. The molecule has 3 aromatic rings. The van der Waals surface area contributed by atoms with E-state index in [-0.39, 0.29) is 11.3 Å². The molecule has 27 heavy (non-hydrogen) atoms. The van der Waals surface area contributed by atoms with E-state index in [1.807, 2.05) is 43.3 Å². The first kappa shape index (κ1) is 18.8. The lowest BCUT2D eigenvalue weighted by molar-refractivity contribution is -0.116. The largest absolute Gasteiger partial charge is 0.339 e. The fourth-order valence-corrected chi connectivity index (χ4v) is 2.76. The SMILES string of the molecule is Cc1cccc(NC(=O)CCc2nc(-c3ccc(C(C)(C)C)cc3)no2)c1. The van der Waals surface area contributed by atoms with Gasteiger partial charge in [0.25, 0.3) is 0 Å². The molecule has 0 aliphatic rings. The van der Waals surface area contributed by atoms with Crippen LogP contribution in [0, 0.1) is 6.92 Å². The molecule has 0 aliphatic heterocycles. The van der Waals surface area contributed by atoms with Gasteiger partial charge in [-0.1, -0.05) is 62.3 Å². The maximum absolute atomic E-state index is 12.1. The lowest BCUT2D eigenvalue weighted by Gasteiger charge is -2.18. The van der Waals surface area contributed by atoms with Crippen molar-refractivity contribution in [2.75, 3.05) is 5.32 Å². The summed E-state index contributed by atoms with van der Waals surface area (Å²) in [6, 6.07) is 15.9. The number of nitrogens with one attached hydrogen (secondary N) is 1. The molecule has 5 heteroatoms. The molecule has 5 nitrogen and oxygen atoms in total. The van der Waals surface area contributed by atoms with Crippen molar-refractivity contribution in [3.63, 3.8) is 0 Å². The van der Waals surface area contributed by atoms with Crippen LogP contribution >= 0.6 is 0 Å². The molecule has 0 saturated heterocycles. The number of benzene rings is 2. The molecule has 0 fully saturated rings. The molecular weight excluding hydrogens is 338 g/mol. The highest BCUT2D eigenvalue weighted by atomic mass is 16.5. The number of nitrogens with zero attached hydrogens (tertiary/aromatic N) is 2. The molecule has 0 saturated carbocycles. The van der Waals surface area contributed by atoms with Crippen LogP contribution in [0.15, 0.2) is 53.1 Å². The minimum atomic E-state index is -0.0742. The molecule has 140 valence electrons. The number of amides is 1. The molecule has 0 atom stereocenters. The molecule has 0 spiro atoms. The second-order valence-electron chi connectivity index (χ2n) is 7.76. The Morgan fingerprint density at radius 2 is 1.85 bits per heavy atom. The first-order valence-corrected chi connectivity index (χ1v) is 9.11. The van der Waals surface area contributed by atoms with E-state index in [0.29, 0.717) is 24.6 Å². The maximum Gasteiger partial charge on any atom is 0.227 e.